The quantitative estimate of drug-likeness (QED) is 0.204. The summed E-state index contributed by atoms with van der Waals surface area (Å²) in [6, 6.07) is 13.1. The minimum absolute atomic E-state index is 0.0127. The second kappa shape index (κ2) is 16.8. The number of rotatable bonds is 9. The van der Waals surface area contributed by atoms with Crippen LogP contribution in [-0.2, 0) is 27.3 Å². The predicted octanol–water partition coefficient (Wildman–Crippen LogP) is 7.97. The molecular weight excluding hydrogens is 650 g/mol. The molecule has 12 nitrogen and oxygen atoms in total. The van der Waals surface area contributed by atoms with Gasteiger partial charge in [-0.1, -0.05) is 44.2 Å². The summed E-state index contributed by atoms with van der Waals surface area (Å²) in [4.78, 5) is 65.7. The smallest absolute Gasteiger partial charge is 0.420 e. The van der Waals surface area contributed by atoms with E-state index in [0.29, 0.717) is 24.3 Å². The van der Waals surface area contributed by atoms with E-state index >= 15 is 0 Å². The highest BCUT2D eigenvalue weighted by molar-refractivity contribution is 5.96. The van der Waals surface area contributed by atoms with Crippen molar-refractivity contribution in [3.05, 3.63) is 89.5 Å². The third kappa shape index (κ3) is 11.8. The lowest BCUT2D eigenvalue weighted by atomic mass is 9.88. The molecular formula is C39H51N5O7. The molecule has 0 spiro atoms. The number of likely N-dealkylation sites (tertiary alicyclic amines) is 1. The molecule has 51 heavy (non-hydrogen) atoms. The van der Waals surface area contributed by atoms with Gasteiger partial charge in [0.05, 0.1) is 37.1 Å². The molecule has 12 heteroatoms. The fraction of sp³-hybridized carbons (Fsp3) is 0.487. The predicted molar refractivity (Wildman–Crippen MR) is 193 cm³/mol. The Morgan fingerprint density at radius 3 is 2.04 bits per heavy atom. The van der Waals surface area contributed by atoms with Crippen LogP contribution in [0.3, 0.4) is 0 Å². The van der Waals surface area contributed by atoms with Gasteiger partial charge in [-0.3, -0.25) is 19.7 Å². The molecule has 1 fully saturated rings. The average Bonchev–Trinajstić information content (AvgIpc) is 3.07. The van der Waals surface area contributed by atoms with Crippen molar-refractivity contribution in [2.24, 2.45) is 5.92 Å². The Balaban J connectivity index is 1.45. The number of piperidine rings is 1. The second-order valence-electron chi connectivity index (χ2n) is 15.2. The van der Waals surface area contributed by atoms with Crippen LogP contribution in [0.1, 0.15) is 101 Å². The molecule has 2 aromatic heterocycles. The highest BCUT2D eigenvalue weighted by atomic mass is 16.6. The highest BCUT2D eigenvalue weighted by Crippen LogP contribution is 2.30. The van der Waals surface area contributed by atoms with E-state index in [9.17, 15) is 19.2 Å². The molecule has 1 aliphatic rings. The Morgan fingerprint density at radius 2 is 1.45 bits per heavy atom. The molecule has 274 valence electrons. The molecule has 0 aliphatic carbocycles. The van der Waals surface area contributed by atoms with Crippen LogP contribution in [0.4, 0.5) is 20.1 Å². The van der Waals surface area contributed by atoms with Crippen LogP contribution in [0.2, 0.25) is 0 Å². The zero-order valence-electron chi connectivity index (χ0n) is 31.0. The standard InChI is InChI=1S/C39H51N5O7/c1-27(2)26-49-35(46)43(25-29-12-10-16-40-21-29)33-20-32(22-41-23-33)34(45)42-17-14-30(15-18-42)31-13-9-11-28(19-31)24-44(36(47)50-38(3,4)5)37(48)51-39(6,7)8/h9-13,16,19-23,27,30H,14-15,17-18,24-26H2,1-8H3. The number of hydrogen-bond acceptors (Lipinski definition) is 9. The normalized spacial score (nSPS) is 13.8. The molecule has 1 aromatic carbocycles. The van der Waals surface area contributed by atoms with E-state index in [1.165, 1.54) is 11.1 Å². The first kappa shape index (κ1) is 38.8. The fourth-order valence-electron chi connectivity index (χ4n) is 5.51. The molecule has 4 amide bonds. The van der Waals surface area contributed by atoms with Crippen LogP contribution in [0.5, 0.6) is 0 Å². The van der Waals surface area contributed by atoms with E-state index in [2.05, 4.69) is 9.97 Å². The van der Waals surface area contributed by atoms with Crippen LogP contribution in [-0.4, -0.2) is 74.9 Å². The number of benzene rings is 1. The van der Waals surface area contributed by atoms with Gasteiger partial charge in [-0.05, 0) is 95.0 Å². The first-order chi connectivity index (χ1) is 24.0. The van der Waals surface area contributed by atoms with Crippen LogP contribution in [0.25, 0.3) is 0 Å². The molecule has 0 bridgehead atoms. The largest absolute Gasteiger partial charge is 0.449 e. The number of anilines is 1. The van der Waals surface area contributed by atoms with E-state index in [4.69, 9.17) is 14.2 Å². The summed E-state index contributed by atoms with van der Waals surface area (Å²) >= 11 is 0. The van der Waals surface area contributed by atoms with Gasteiger partial charge < -0.3 is 19.1 Å². The summed E-state index contributed by atoms with van der Waals surface area (Å²) < 4.78 is 16.6. The Labute approximate surface area is 301 Å². The summed E-state index contributed by atoms with van der Waals surface area (Å²) in [6.07, 6.45) is 5.78. The number of aromatic nitrogens is 2. The molecule has 0 radical (unpaired) electrons. The topological polar surface area (TPSA) is 131 Å². The third-order valence-electron chi connectivity index (χ3n) is 7.88. The second-order valence-corrected chi connectivity index (χ2v) is 15.2. The van der Waals surface area contributed by atoms with Crippen molar-refractivity contribution in [1.82, 2.24) is 19.8 Å². The lowest BCUT2D eigenvalue weighted by Gasteiger charge is -2.33. The SMILES string of the molecule is CC(C)COC(=O)N(Cc1cccnc1)c1cncc(C(=O)N2CCC(c3cccc(CN(C(=O)OC(C)(C)C)C(=O)OC(C)(C)C)c3)CC2)c1. The van der Waals surface area contributed by atoms with Gasteiger partial charge in [-0.25, -0.2) is 19.3 Å². The first-order valence-electron chi connectivity index (χ1n) is 17.4. The van der Waals surface area contributed by atoms with Gasteiger partial charge in [0.1, 0.15) is 11.2 Å². The monoisotopic (exact) mass is 701 g/mol. The fourth-order valence-corrected chi connectivity index (χ4v) is 5.51. The Hall–Kier alpha value is -5.00. The Bertz CT molecular complexity index is 1630. The molecule has 3 aromatic rings. The molecule has 0 saturated carbocycles. The molecule has 1 aliphatic heterocycles. The molecule has 0 unspecified atom stereocenters. The molecule has 3 heterocycles. The number of hydrogen-bond donors (Lipinski definition) is 0. The summed E-state index contributed by atoms with van der Waals surface area (Å²) in [5, 5.41) is 0. The zero-order valence-corrected chi connectivity index (χ0v) is 31.0. The number of nitrogens with zero attached hydrogens (tertiary/aromatic N) is 5. The molecule has 0 atom stereocenters. The van der Waals surface area contributed by atoms with Gasteiger partial charge in [0.25, 0.3) is 5.91 Å². The maximum Gasteiger partial charge on any atom is 0.420 e. The number of carbonyl (C=O) groups excluding carboxylic acids is 4. The van der Waals surface area contributed by atoms with Crippen LogP contribution in [0.15, 0.2) is 67.3 Å². The van der Waals surface area contributed by atoms with Crippen molar-refractivity contribution >= 4 is 29.9 Å². The highest BCUT2D eigenvalue weighted by Gasteiger charge is 2.32. The van der Waals surface area contributed by atoms with Gasteiger partial charge in [0.2, 0.25) is 0 Å². The van der Waals surface area contributed by atoms with Gasteiger partial charge >= 0.3 is 18.3 Å². The van der Waals surface area contributed by atoms with Crippen molar-refractivity contribution in [2.75, 3.05) is 24.6 Å². The van der Waals surface area contributed by atoms with E-state index in [-0.39, 0.29) is 37.4 Å². The lowest BCUT2D eigenvalue weighted by molar-refractivity contribution is -0.000288. The van der Waals surface area contributed by atoms with Crippen LogP contribution in [0, 0.1) is 5.92 Å². The summed E-state index contributed by atoms with van der Waals surface area (Å²) in [5.41, 5.74) is 1.88. The van der Waals surface area contributed by atoms with Crippen molar-refractivity contribution in [3.63, 3.8) is 0 Å². The molecule has 4 rings (SSSR count). The minimum atomic E-state index is -0.791. The lowest BCUT2D eigenvalue weighted by Crippen LogP contribution is -2.43. The van der Waals surface area contributed by atoms with Gasteiger partial charge in [-0.15, -0.1) is 0 Å². The maximum absolute atomic E-state index is 13.7. The Morgan fingerprint density at radius 1 is 0.804 bits per heavy atom. The first-order valence-corrected chi connectivity index (χ1v) is 17.4. The van der Waals surface area contributed by atoms with Crippen molar-refractivity contribution in [3.8, 4) is 0 Å². The van der Waals surface area contributed by atoms with Gasteiger partial charge in [-0.2, -0.15) is 0 Å². The zero-order chi connectivity index (χ0) is 37.3. The molecule has 1 saturated heterocycles. The number of imide groups is 1. The number of carbonyl (C=O) groups is 4. The summed E-state index contributed by atoms with van der Waals surface area (Å²) in [6.45, 7) is 15.9. The maximum atomic E-state index is 13.7. The van der Waals surface area contributed by atoms with Crippen LogP contribution >= 0.6 is 0 Å². The third-order valence-corrected chi connectivity index (χ3v) is 7.88. The number of amides is 4. The summed E-state index contributed by atoms with van der Waals surface area (Å²) in [7, 11) is 0. The average molecular weight is 702 g/mol. The van der Waals surface area contributed by atoms with E-state index in [1.807, 2.05) is 44.2 Å². The van der Waals surface area contributed by atoms with Gasteiger partial charge in [0, 0.05) is 31.7 Å². The van der Waals surface area contributed by atoms with Crippen molar-refractivity contribution in [1.29, 1.82) is 0 Å². The van der Waals surface area contributed by atoms with Gasteiger partial charge in [0.15, 0.2) is 0 Å². The number of ether oxygens (including phenoxy) is 3. The van der Waals surface area contributed by atoms with Crippen molar-refractivity contribution in [2.45, 2.75) is 98.4 Å². The van der Waals surface area contributed by atoms with E-state index in [1.54, 1.807) is 77.2 Å². The molecule has 0 N–H and O–H groups in total. The van der Waals surface area contributed by atoms with Crippen LogP contribution < -0.4 is 4.90 Å². The van der Waals surface area contributed by atoms with E-state index < -0.39 is 29.5 Å². The number of pyridine rings is 2. The summed E-state index contributed by atoms with van der Waals surface area (Å²) in [5.74, 6) is 0.161. The van der Waals surface area contributed by atoms with Crippen molar-refractivity contribution < 1.29 is 33.4 Å². The Kier molecular flexibility index (Phi) is 12.8. The minimum Gasteiger partial charge on any atom is -0.449 e. The van der Waals surface area contributed by atoms with E-state index in [0.717, 1.165) is 34.4 Å².